The molecule has 0 aromatic heterocycles. The Bertz CT molecular complexity index is 385. The van der Waals surface area contributed by atoms with E-state index in [1.54, 1.807) is 11.9 Å². The molecule has 1 rings (SSSR count). The zero-order valence-corrected chi connectivity index (χ0v) is 12.3. The van der Waals surface area contributed by atoms with Gasteiger partial charge in [-0.25, -0.2) is 4.79 Å². The van der Waals surface area contributed by atoms with Gasteiger partial charge in [-0.2, -0.15) is 0 Å². The highest BCUT2D eigenvalue weighted by Gasteiger charge is 2.27. The monoisotopic (exact) mass is 252 g/mol. The first kappa shape index (κ1) is 14.7. The molecular weight excluding hydrogens is 228 g/mol. The van der Waals surface area contributed by atoms with Crippen LogP contribution in [0.3, 0.4) is 0 Å². The Hall–Kier alpha value is -1.32. The van der Waals surface area contributed by atoms with Gasteiger partial charge in [0.2, 0.25) is 0 Å². The van der Waals surface area contributed by atoms with Crippen LogP contribution in [0.5, 0.6) is 0 Å². The van der Waals surface area contributed by atoms with Crippen molar-refractivity contribution in [1.29, 1.82) is 0 Å². The van der Waals surface area contributed by atoms with Gasteiger partial charge < -0.3 is 9.64 Å². The molecule has 1 heterocycles. The van der Waals surface area contributed by atoms with Crippen molar-refractivity contribution in [2.24, 2.45) is 4.99 Å². The zero-order valence-electron chi connectivity index (χ0n) is 12.3. The molecule has 0 spiro atoms. The Labute approximate surface area is 110 Å². The number of hydrogen-bond donors (Lipinski definition) is 0. The number of allylic oxidation sites excluding steroid dienone is 1. The second kappa shape index (κ2) is 5.55. The van der Waals surface area contributed by atoms with E-state index in [4.69, 9.17) is 4.74 Å². The normalized spacial score (nSPS) is 19.1. The second-order valence-electron chi connectivity index (χ2n) is 5.80. The summed E-state index contributed by atoms with van der Waals surface area (Å²) in [6, 6.07) is 0. The highest BCUT2D eigenvalue weighted by Crippen LogP contribution is 2.19. The zero-order chi connectivity index (χ0) is 13.9. The average Bonchev–Trinajstić information content (AvgIpc) is 2.25. The molecule has 0 aromatic rings. The van der Waals surface area contributed by atoms with Crippen molar-refractivity contribution in [2.45, 2.75) is 46.6 Å². The van der Waals surface area contributed by atoms with Gasteiger partial charge in [-0.15, -0.1) is 0 Å². The van der Waals surface area contributed by atoms with Crippen LogP contribution in [-0.4, -0.2) is 42.4 Å². The molecule has 1 saturated heterocycles. The smallest absolute Gasteiger partial charge is 0.410 e. The van der Waals surface area contributed by atoms with Gasteiger partial charge in [0.15, 0.2) is 0 Å². The second-order valence-corrected chi connectivity index (χ2v) is 5.80. The minimum Gasteiger partial charge on any atom is -0.444 e. The van der Waals surface area contributed by atoms with E-state index in [-0.39, 0.29) is 6.09 Å². The van der Waals surface area contributed by atoms with Gasteiger partial charge in [0.1, 0.15) is 5.60 Å². The molecule has 0 aromatic carbocycles. The SMILES string of the molecule is CN=C1CCN(C(=O)OC(C)(C)C)CC1=C(C)C. The van der Waals surface area contributed by atoms with Crippen LogP contribution in [0.1, 0.15) is 41.0 Å². The molecule has 4 nitrogen and oxygen atoms in total. The predicted molar refractivity (Wildman–Crippen MR) is 74.2 cm³/mol. The third-order valence-electron chi connectivity index (χ3n) is 2.84. The molecule has 0 N–H and O–H groups in total. The van der Waals surface area contributed by atoms with Crippen molar-refractivity contribution >= 4 is 11.8 Å². The number of amides is 1. The van der Waals surface area contributed by atoms with Gasteiger partial charge in [0.05, 0.1) is 6.54 Å². The lowest BCUT2D eigenvalue weighted by Crippen LogP contribution is -2.43. The van der Waals surface area contributed by atoms with Crippen LogP contribution < -0.4 is 0 Å². The van der Waals surface area contributed by atoms with Gasteiger partial charge >= 0.3 is 6.09 Å². The molecule has 0 saturated carbocycles. The summed E-state index contributed by atoms with van der Waals surface area (Å²) in [4.78, 5) is 18.1. The number of aliphatic imine (C=N–C) groups is 1. The van der Waals surface area contributed by atoms with Crippen LogP contribution in [0.25, 0.3) is 0 Å². The summed E-state index contributed by atoms with van der Waals surface area (Å²) in [6.45, 7) is 11.0. The number of nitrogens with zero attached hydrogens (tertiary/aromatic N) is 2. The molecule has 0 bridgehead atoms. The minimum absolute atomic E-state index is 0.239. The van der Waals surface area contributed by atoms with Crippen LogP contribution in [0.15, 0.2) is 16.1 Å². The molecule has 0 aliphatic carbocycles. The lowest BCUT2D eigenvalue weighted by Gasteiger charge is -2.32. The Kier molecular flexibility index (Phi) is 4.54. The highest BCUT2D eigenvalue weighted by molar-refractivity contribution is 6.02. The molecule has 0 atom stereocenters. The van der Waals surface area contributed by atoms with Crippen molar-refractivity contribution in [3.05, 3.63) is 11.1 Å². The fourth-order valence-corrected chi connectivity index (χ4v) is 1.93. The predicted octanol–water partition coefficient (Wildman–Crippen LogP) is 3.03. The number of carbonyl (C=O) groups excluding carboxylic acids is 1. The number of hydrogen-bond acceptors (Lipinski definition) is 3. The molecule has 1 aliphatic heterocycles. The summed E-state index contributed by atoms with van der Waals surface area (Å²) in [5, 5.41) is 0. The van der Waals surface area contributed by atoms with Gasteiger partial charge in [0, 0.05) is 25.7 Å². The van der Waals surface area contributed by atoms with E-state index >= 15 is 0 Å². The Morgan fingerprint density at radius 2 is 1.94 bits per heavy atom. The topological polar surface area (TPSA) is 41.9 Å². The lowest BCUT2D eigenvalue weighted by atomic mass is 9.98. The standard InChI is InChI=1S/C14H24N2O2/c1-10(2)11-9-16(8-7-12(11)15-6)13(17)18-14(3,4)5/h7-9H2,1-6H3. The van der Waals surface area contributed by atoms with E-state index in [1.165, 1.54) is 5.57 Å². The Morgan fingerprint density at radius 3 is 2.39 bits per heavy atom. The molecule has 0 radical (unpaired) electrons. The number of piperidine rings is 1. The first-order valence-electron chi connectivity index (χ1n) is 6.35. The van der Waals surface area contributed by atoms with Gasteiger partial charge in [0.25, 0.3) is 0 Å². The first-order chi connectivity index (χ1) is 8.24. The largest absolute Gasteiger partial charge is 0.444 e. The Morgan fingerprint density at radius 1 is 1.33 bits per heavy atom. The maximum absolute atomic E-state index is 12.0. The van der Waals surface area contributed by atoms with Gasteiger partial charge in [-0.05, 0) is 40.2 Å². The fourth-order valence-electron chi connectivity index (χ4n) is 1.93. The van der Waals surface area contributed by atoms with Crippen LogP contribution in [0.4, 0.5) is 4.79 Å². The number of carbonyl (C=O) groups is 1. The van der Waals surface area contributed by atoms with E-state index in [9.17, 15) is 4.79 Å². The summed E-state index contributed by atoms with van der Waals surface area (Å²) in [5.74, 6) is 0. The highest BCUT2D eigenvalue weighted by atomic mass is 16.6. The van der Waals surface area contributed by atoms with Gasteiger partial charge in [-0.1, -0.05) is 5.57 Å². The molecule has 102 valence electrons. The van der Waals surface area contributed by atoms with Gasteiger partial charge in [-0.3, -0.25) is 4.99 Å². The van der Waals surface area contributed by atoms with Crippen molar-refractivity contribution in [1.82, 2.24) is 4.90 Å². The van der Waals surface area contributed by atoms with Crippen molar-refractivity contribution < 1.29 is 9.53 Å². The van der Waals surface area contributed by atoms with E-state index < -0.39 is 5.60 Å². The van der Waals surface area contributed by atoms with Crippen LogP contribution in [0, 0.1) is 0 Å². The molecule has 1 fully saturated rings. The van der Waals surface area contributed by atoms with Crippen molar-refractivity contribution in [2.75, 3.05) is 20.1 Å². The number of ether oxygens (including phenoxy) is 1. The van der Waals surface area contributed by atoms with E-state index in [0.717, 1.165) is 17.7 Å². The summed E-state index contributed by atoms with van der Waals surface area (Å²) in [5.41, 5.74) is 3.04. The quantitative estimate of drug-likeness (QED) is 0.665. The number of likely N-dealkylation sites (tertiary alicyclic amines) is 1. The third kappa shape index (κ3) is 3.86. The van der Waals surface area contributed by atoms with Crippen molar-refractivity contribution in [3.8, 4) is 0 Å². The molecule has 1 amide bonds. The van der Waals surface area contributed by atoms with Crippen molar-refractivity contribution in [3.63, 3.8) is 0 Å². The summed E-state index contributed by atoms with van der Waals surface area (Å²) < 4.78 is 5.40. The van der Waals surface area contributed by atoms with Crippen LogP contribution in [0.2, 0.25) is 0 Å². The van der Waals surface area contributed by atoms with Crippen LogP contribution >= 0.6 is 0 Å². The third-order valence-corrected chi connectivity index (χ3v) is 2.84. The number of rotatable bonds is 0. The Balaban J connectivity index is 2.79. The summed E-state index contributed by atoms with van der Waals surface area (Å²) >= 11 is 0. The van der Waals surface area contributed by atoms with Crippen LogP contribution in [-0.2, 0) is 4.74 Å². The molecular formula is C14H24N2O2. The van der Waals surface area contributed by atoms with E-state index in [1.807, 2.05) is 20.8 Å². The molecule has 18 heavy (non-hydrogen) atoms. The minimum atomic E-state index is -0.443. The molecule has 4 heteroatoms. The van der Waals surface area contributed by atoms with E-state index in [0.29, 0.717) is 13.1 Å². The molecule has 1 aliphatic rings. The average molecular weight is 252 g/mol. The summed E-state index contributed by atoms with van der Waals surface area (Å²) in [7, 11) is 1.81. The summed E-state index contributed by atoms with van der Waals surface area (Å²) in [6.07, 6.45) is 0.562. The first-order valence-corrected chi connectivity index (χ1v) is 6.35. The van der Waals surface area contributed by atoms with E-state index in [2.05, 4.69) is 18.8 Å². The maximum Gasteiger partial charge on any atom is 0.410 e. The maximum atomic E-state index is 12.0. The lowest BCUT2D eigenvalue weighted by molar-refractivity contribution is 0.0267. The molecule has 0 unspecified atom stereocenters. The fraction of sp³-hybridized carbons (Fsp3) is 0.714.